The number of aryl methyl sites for hydroxylation is 1. The summed E-state index contributed by atoms with van der Waals surface area (Å²) < 4.78 is 5.82. The molecule has 0 saturated carbocycles. The van der Waals surface area contributed by atoms with Gasteiger partial charge in [-0.15, -0.1) is 0 Å². The molecule has 2 N–H and O–H groups in total. The number of para-hydroxylation sites is 2. The molecule has 2 aliphatic rings. The standard InChI is InChI=1S/C27H27N3O3/c1-17-8-5-10-19(18(17)2)29-25(32)16-30-22-12-4-3-9-20(22)28-21-11-6-13-23(31)26(21)27(30)24-14-7-15-33-24/h3-5,7-10,12,14-15,27-28H,6,11,13,16H2,1-2H3,(H,29,32)/t27-/m1/s1. The van der Waals surface area contributed by atoms with E-state index >= 15 is 0 Å². The Kier molecular flexibility index (Phi) is 5.50. The summed E-state index contributed by atoms with van der Waals surface area (Å²) in [5.74, 6) is 0.594. The number of carbonyl (C=O) groups is 2. The van der Waals surface area contributed by atoms with Crippen LogP contribution in [0.4, 0.5) is 17.1 Å². The molecule has 2 heterocycles. The van der Waals surface area contributed by atoms with Gasteiger partial charge in [0.2, 0.25) is 5.91 Å². The average Bonchev–Trinajstić information content (AvgIpc) is 3.29. The van der Waals surface area contributed by atoms with Crippen LogP contribution >= 0.6 is 0 Å². The normalized spacial score (nSPS) is 17.7. The number of furan rings is 1. The van der Waals surface area contributed by atoms with Crippen LogP contribution in [0.2, 0.25) is 0 Å². The van der Waals surface area contributed by atoms with Crippen molar-refractivity contribution in [1.29, 1.82) is 0 Å². The molecule has 3 aromatic rings. The number of benzene rings is 2. The number of nitrogens with one attached hydrogen (secondary N) is 2. The summed E-state index contributed by atoms with van der Waals surface area (Å²) in [6, 6.07) is 17.0. The lowest BCUT2D eigenvalue weighted by Gasteiger charge is -2.33. The van der Waals surface area contributed by atoms with E-state index < -0.39 is 6.04 Å². The molecule has 0 unspecified atom stereocenters. The van der Waals surface area contributed by atoms with Crippen molar-refractivity contribution in [1.82, 2.24) is 0 Å². The Morgan fingerprint density at radius 1 is 1.09 bits per heavy atom. The monoisotopic (exact) mass is 441 g/mol. The first-order valence-corrected chi connectivity index (χ1v) is 11.3. The predicted molar refractivity (Wildman–Crippen MR) is 129 cm³/mol. The van der Waals surface area contributed by atoms with Crippen molar-refractivity contribution in [3.63, 3.8) is 0 Å². The van der Waals surface area contributed by atoms with Crippen LogP contribution in [-0.2, 0) is 9.59 Å². The Hall–Kier alpha value is -3.80. The van der Waals surface area contributed by atoms with Crippen molar-refractivity contribution < 1.29 is 14.0 Å². The summed E-state index contributed by atoms with van der Waals surface area (Å²) in [6.45, 7) is 4.10. The maximum atomic E-state index is 13.3. The molecule has 6 nitrogen and oxygen atoms in total. The van der Waals surface area contributed by atoms with E-state index in [1.54, 1.807) is 6.26 Å². The van der Waals surface area contributed by atoms with Gasteiger partial charge in [0.1, 0.15) is 11.8 Å². The molecule has 1 amide bonds. The molecular weight excluding hydrogens is 414 g/mol. The van der Waals surface area contributed by atoms with Gasteiger partial charge in [0.15, 0.2) is 5.78 Å². The van der Waals surface area contributed by atoms with Crippen molar-refractivity contribution in [2.24, 2.45) is 0 Å². The number of anilines is 3. The summed E-state index contributed by atoms with van der Waals surface area (Å²) in [7, 11) is 0. The van der Waals surface area contributed by atoms with Crippen LogP contribution in [0.5, 0.6) is 0 Å². The van der Waals surface area contributed by atoms with Crippen LogP contribution in [0.25, 0.3) is 0 Å². The number of fused-ring (bicyclic) bond motifs is 1. The molecule has 0 fully saturated rings. The van der Waals surface area contributed by atoms with E-state index in [4.69, 9.17) is 4.42 Å². The molecule has 0 radical (unpaired) electrons. The summed E-state index contributed by atoms with van der Waals surface area (Å²) in [5, 5.41) is 6.56. The summed E-state index contributed by atoms with van der Waals surface area (Å²) in [5.41, 5.74) is 6.30. The van der Waals surface area contributed by atoms with E-state index in [0.717, 1.165) is 46.7 Å². The van der Waals surface area contributed by atoms with E-state index in [9.17, 15) is 9.59 Å². The first kappa shape index (κ1) is 21.1. The van der Waals surface area contributed by atoms with Gasteiger partial charge in [0, 0.05) is 23.4 Å². The van der Waals surface area contributed by atoms with Crippen LogP contribution < -0.4 is 15.5 Å². The van der Waals surface area contributed by atoms with Crippen LogP contribution in [0.15, 0.2) is 76.5 Å². The average molecular weight is 442 g/mol. The number of nitrogens with zero attached hydrogens (tertiary/aromatic N) is 1. The van der Waals surface area contributed by atoms with Crippen molar-refractivity contribution in [3.05, 3.63) is 89.0 Å². The first-order chi connectivity index (χ1) is 16.0. The first-order valence-electron chi connectivity index (χ1n) is 11.3. The molecule has 1 aliphatic carbocycles. The summed E-state index contributed by atoms with van der Waals surface area (Å²) in [6.07, 6.45) is 3.71. The van der Waals surface area contributed by atoms with E-state index in [2.05, 4.69) is 10.6 Å². The molecule has 1 aliphatic heterocycles. The molecule has 33 heavy (non-hydrogen) atoms. The third-order valence-corrected chi connectivity index (χ3v) is 6.55. The largest absolute Gasteiger partial charge is 0.467 e. The van der Waals surface area contributed by atoms with Gasteiger partial charge in [-0.25, -0.2) is 0 Å². The fourth-order valence-corrected chi connectivity index (χ4v) is 4.75. The molecule has 1 atom stereocenters. The highest BCUT2D eigenvalue weighted by molar-refractivity contribution is 6.02. The third-order valence-electron chi connectivity index (χ3n) is 6.55. The van der Waals surface area contributed by atoms with E-state index in [1.807, 2.05) is 73.3 Å². The number of allylic oxidation sites excluding steroid dienone is 1. The number of rotatable bonds is 4. The van der Waals surface area contributed by atoms with E-state index in [1.165, 1.54) is 0 Å². The molecular formula is C27H27N3O3. The van der Waals surface area contributed by atoms with Gasteiger partial charge in [-0.3, -0.25) is 9.59 Å². The lowest BCUT2D eigenvalue weighted by atomic mass is 9.88. The lowest BCUT2D eigenvalue weighted by Crippen LogP contribution is -2.38. The molecule has 168 valence electrons. The Labute approximate surface area is 193 Å². The predicted octanol–water partition coefficient (Wildman–Crippen LogP) is 5.52. The highest BCUT2D eigenvalue weighted by atomic mass is 16.3. The number of amides is 1. The Morgan fingerprint density at radius 3 is 2.76 bits per heavy atom. The number of hydrogen-bond acceptors (Lipinski definition) is 5. The second kappa shape index (κ2) is 8.62. The fourth-order valence-electron chi connectivity index (χ4n) is 4.75. The minimum Gasteiger partial charge on any atom is -0.467 e. The number of ketones is 1. The van der Waals surface area contributed by atoms with E-state index in [-0.39, 0.29) is 18.2 Å². The van der Waals surface area contributed by atoms with Crippen LogP contribution in [0.1, 0.15) is 42.2 Å². The Balaban J connectivity index is 1.58. The maximum Gasteiger partial charge on any atom is 0.243 e. The van der Waals surface area contributed by atoms with Gasteiger partial charge < -0.3 is 20.0 Å². The zero-order chi connectivity index (χ0) is 22.9. The maximum absolute atomic E-state index is 13.3. The second-order valence-corrected chi connectivity index (χ2v) is 8.65. The SMILES string of the molecule is Cc1cccc(NC(=O)CN2c3ccccc3NC3=C(C(=O)CCC3)[C@H]2c2ccco2)c1C. The van der Waals surface area contributed by atoms with E-state index in [0.29, 0.717) is 17.8 Å². The Morgan fingerprint density at radius 2 is 1.94 bits per heavy atom. The molecule has 2 aromatic carbocycles. The molecule has 6 heteroatoms. The topological polar surface area (TPSA) is 74.6 Å². The Bertz CT molecular complexity index is 1240. The van der Waals surface area contributed by atoms with Crippen molar-refractivity contribution >= 4 is 28.8 Å². The molecule has 0 bridgehead atoms. The zero-order valence-electron chi connectivity index (χ0n) is 18.9. The zero-order valence-corrected chi connectivity index (χ0v) is 18.9. The third kappa shape index (κ3) is 3.93. The number of Topliss-reactive ketones (excluding diaryl/α,β-unsaturated/α-hetero) is 1. The van der Waals surface area contributed by atoms with Crippen LogP contribution in [-0.4, -0.2) is 18.2 Å². The minimum absolute atomic E-state index is 0.0709. The van der Waals surface area contributed by atoms with Gasteiger partial charge in [-0.2, -0.15) is 0 Å². The van der Waals surface area contributed by atoms with Gasteiger partial charge in [0.25, 0.3) is 0 Å². The quantitative estimate of drug-likeness (QED) is 0.558. The van der Waals surface area contributed by atoms with Gasteiger partial charge in [-0.05, 0) is 68.1 Å². The van der Waals surface area contributed by atoms with Crippen molar-refractivity contribution in [3.8, 4) is 0 Å². The highest BCUT2D eigenvalue weighted by Gasteiger charge is 2.38. The number of carbonyl (C=O) groups excluding carboxylic acids is 2. The lowest BCUT2D eigenvalue weighted by molar-refractivity contribution is -0.117. The summed E-state index contributed by atoms with van der Waals surface area (Å²) in [4.78, 5) is 28.5. The molecule has 1 aromatic heterocycles. The van der Waals surface area contributed by atoms with Gasteiger partial charge in [-0.1, -0.05) is 24.3 Å². The van der Waals surface area contributed by atoms with Gasteiger partial charge in [0.05, 0.1) is 24.2 Å². The molecule has 0 saturated heterocycles. The number of hydrogen-bond donors (Lipinski definition) is 2. The highest BCUT2D eigenvalue weighted by Crippen LogP contribution is 2.44. The smallest absolute Gasteiger partial charge is 0.243 e. The van der Waals surface area contributed by atoms with Crippen LogP contribution in [0.3, 0.4) is 0 Å². The van der Waals surface area contributed by atoms with Crippen LogP contribution in [0, 0.1) is 13.8 Å². The second-order valence-electron chi connectivity index (χ2n) is 8.65. The van der Waals surface area contributed by atoms with Gasteiger partial charge >= 0.3 is 0 Å². The molecule has 0 spiro atoms. The fraction of sp³-hybridized carbons (Fsp3) is 0.259. The molecule has 5 rings (SSSR count). The summed E-state index contributed by atoms with van der Waals surface area (Å²) >= 11 is 0. The minimum atomic E-state index is -0.483. The van der Waals surface area contributed by atoms with Crippen molar-refractivity contribution in [2.45, 2.75) is 39.2 Å². The van der Waals surface area contributed by atoms with Crippen molar-refractivity contribution in [2.75, 3.05) is 22.1 Å².